The van der Waals surface area contributed by atoms with Crippen molar-refractivity contribution in [1.29, 1.82) is 0 Å². The number of halogens is 1. The van der Waals surface area contributed by atoms with Crippen LogP contribution in [0.3, 0.4) is 0 Å². The zero-order valence-corrected chi connectivity index (χ0v) is 18.3. The first-order valence-electron chi connectivity index (χ1n) is 9.94. The van der Waals surface area contributed by atoms with Gasteiger partial charge in [-0.05, 0) is 40.0 Å². The molecule has 176 valence electrons. The molecule has 3 saturated heterocycles. The van der Waals surface area contributed by atoms with Crippen molar-refractivity contribution in [3.63, 3.8) is 0 Å². The van der Waals surface area contributed by atoms with Gasteiger partial charge in [-0.3, -0.25) is 9.35 Å². The maximum Gasteiger partial charge on any atom is 0.418 e. The summed E-state index contributed by atoms with van der Waals surface area (Å²) in [6, 6.07) is -3.25. The summed E-state index contributed by atoms with van der Waals surface area (Å²) >= 11 is 0. The molecule has 0 saturated carbocycles. The molecule has 4 amide bonds. The molecular weight excluding hydrogens is 439 g/mol. The lowest BCUT2D eigenvalue weighted by Gasteiger charge is -2.37. The van der Waals surface area contributed by atoms with Gasteiger partial charge in [0.2, 0.25) is 5.91 Å². The Labute approximate surface area is 179 Å². The number of amides is 4. The van der Waals surface area contributed by atoms with Gasteiger partial charge in [0.25, 0.3) is 0 Å². The molecule has 0 aromatic rings. The first-order chi connectivity index (χ1) is 14.2. The number of nitrogens with one attached hydrogen (secondary N) is 1. The van der Waals surface area contributed by atoms with Gasteiger partial charge in [0.05, 0.1) is 18.6 Å². The van der Waals surface area contributed by atoms with Crippen LogP contribution in [-0.4, -0.2) is 95.4 Å². The quantitative estimate of drug-likeness (QED) is 0.568. The van der Waals surface area contributed by atoms with Crippen LogP contribution in [0.25, 0.3) is 0 Å². The number of urea groups is 1. The Morgan fingerprint density at radius 2 is 1.87 bits per heavy atom. The highest BCUT2D eigenvalue weighted by atomic mass is 32.3. The van der Waals surface area contributed by atoms with E-state index >= 15 is 0 Å². The maximum absolute atomic E-state index is 14.7. The molecule has 3 aliphatic heterocycles. The lowest BCUT2D eigenvalue weighted by molar-refractivity contribution is -0.127. The predicted molar refractivity (Wildman–Crippen MR) is 103 cm³/mol. The molecule has 3 heterocycles. The molecule has 4 atom stereocenters. The molecule has 0 radical (unpaired) electrons. The molecule has 0 aliphatic carbocycles. The van der Waals surface area contributed by atoms with Gasteiger partial charge in [0.15, 0.2) is 0 Å². The van der Waals surface area contributed by atoms with Crippen LogP contribution in [0.15, 0.2) is 0 Å². The first kappa shape index (κ1) is 23.5. The van der Waals surface area contributed by atoms with Gasteiger partial charge in [-0.15, -0.1) is 4.28 Å². The molecule has 3 aliphatic rings. The molecule has 12 nitrogen and oxygen atoms in total. The van der Waals surface area contributed by atoms with Crippen molar-refractivity contribution >= 4 is 28.4 Å². The van der Waals surface area contributed by atoms with Gasteiger partial charge in [0.1, 0.15) is 17.8 Å². The lowest BCUT2D eigenvalue weighted by atomic mass is 9.98. The van der Waals surface area contributed by atoms with Crippen molar-refractivity contribution in [2.45, 2.75) is 69.9 Å². The standard InChI is InChI=1S/C17H27FN4O8S/c1-17(2,3)29-16(25)20-7-6-12(11(18)9-20)19-14(23)13-5-4-10-8-21(13)15(24)22(10)30-31(26,27)28/h10-13H,4-9H2,1-3H3,(H,19,23)(H,26,27,28)/t10-,11-,12+,13+/m1/s1. The first-order valence-corrected chi connectivity index (χ1v) is 11.3. The largest absolute Gasteiger partial charge is 0.444 e. The van der Waals surface area contributed by atoms with Crippen LogP contribution in [0, 0.1) is 0 Å². The summed E-state index contributed by atoms with van der Waals surface area (Å²) in [4.78, 5) is 39.6. The minimum atomic E-state index is -4.88. The minimum absolute atomic E-state index is 0.0442. The van der Waals surface area contributed by atoms with E-state index in [1.807, 2.05) is 0 Å². The molecule has 2 N–H and O–H groups in total. The Morgan fingerprint density at radius 1 is 1.19 bits per heavy atom. The monoisotopic (exact) mass is 466 g/mol. The Hall–Kier alpha value is -2.19. The Kier molecular flexibility index (Phi) is 6.35. The average Bonchev–Trinajstić information content (AvgIpc) is 2.85. The Bertz CT molecular complexity index is 848. The number of likely N-dealkylation sites (tertiary alicyclic amines) is 1. The fourth-order valence-electron chi connectivity index (χ4n) is 3.94. The van der Waals surface area contributed by atoms with Gasteiger partial charge < -0.3 is 19.9 Å². The number of carbonyl (C=O) groups is 3. The molecular formula is C17H27FN4O8S. The fraction of sp³-hybridized carbons (Fsp3) is 0.824. The molecule has 0 aromatic heterocycles. The van der Waals surface area contributed by atoms with E-state index in [1.54, 1.807) is 20.8 Å². The highest BCUT2D eigenvalue weighted by Crippen LogP contribution is 2.31. The fourth-order valence-corrected chi connectivity index (χ4v) is 4.33. The van der Waals surface area contributed by atoms with E-state index in [-0.39, 0.29) is 38.9 Å². The minimum Gasteiger partial charge on any atom is -0.444 e. The van der Waals surface area contributed by atoms with Gasteiger partial charge in [-0.1, -0.05) is 0 Å². The van der Waals surface area contributed by atoms with Crippen molar-refractivity contribution < 1.29 is 40.8 Å². The van der Waals surface area contributed by atoms with Crippen molar-refractivity contribution in [2.75, 3.05) is 19.6 Å². The van der Waals surface area contributed by atoms with E-state index in [0.717, 1.165) is 4.90 Å². The van der Waals surface area contributed by atoms with Crippen LogP contribution >= 0.6 is 0 Å². The summed E-state index contributed by atoms with van der Waals surface area (Å²) in [7, 11) is -4.88. The molecule has 14 heteroatoms. The third-order valence-electron chi connectivity index (χ3n) is 5.32. The molecule has 2 bridgehead atoms. The number of alkyl halides is 1. The van der Waals surface area contributed by atoms with Gasteiger partial charge in [0, 0.05) is 13.1 Å². The van der Waals surface area contributed by atoms with Crippen LogP contribution in [0.5, 0.6) is 0 Å². The van der Waals surface area contributed by atoms with Crippen LogP contribution in [-0.2, 0) is 24.2 Å². The summed E-state index contributed by atoms with van der Waals surface area (Å²) < 4.78 is 55.0. The number of carbonyl (C=O) groups excluding carboxylic acids is 3. The van der Waals surface area contributed by atoms with Crippen molar-refractivity contribution in [2.24, 2.45) is 0 Å². The van der Waals surface area contributed by atoms with Crippen LogP contribution in [0.4, 0.5) is 14.0 Å². The van der Waals surface area contributed by atoms with E-state index < -0.39 is 58.3 Å². The van der Waals surface area contributed by atoms with Crippen molar-refractivity contribution in [1.82, 2.24) is 20.2 Å². The molecule has 0 spiro atoms. The summed E-state index contributed by atoms with van der Waals surface area (Å²) in [5.41, 5.74) is -0.706. The highest BCUT2D eigenvalue weighted by Gasteiger charge is 2.49. The van der Waals surface area contributed by atoms with E-state index in [2.05, 4.69) is 9.60 Å². The summed E-state index contributed by atoms with van der Waals surface area (Å²) in [5, 5.41) is 3.14. The molecule has 3 rings (SSSR count). The smallest absolute Gasteiger partial charge is 0.418 e. The zero-order chi connectivity index (χ0) is 23.1. The summed E-state index contributed by atoms with van der Waals surface area (Å²) in [6.07, 6.45) is -1.48. The number of hydroxylamine groups is 2. The van der Waals surface area contributed by atoms with Crippen LogP contribution in [0.2, 0.25) is 0 Å². The van der Waals surface area contributed by atoms with E-state index in [4.69, 9.17) is 9.29 Å². The van der Waals surface area contributed by atoms with Crippen molar-refractivity contribution in [3.05, 3.63) is 0 Å². The van der Waals surface area contributed by atoms with Crippen molar-refractivity contribution in [3.8, 4) is 0 Å². The summed E-state index contributed by atoms with van der Waals surface area (Å²) in [6.45, 7) is 5.14. The SMILES string of the molecule is CC(C)(C)OC(=O)N1CC[C@H](NC(=O)[C@@H]2CC[C@@H]3CN2C(=O)N3OS(=O)(=O)O)[C@H](F)C1. The van der Waals surface area contributed by atoms with E-state index in [1.165, 1.54) is 4.90 Å². The number of ether oxygens (including phenoxy) is 1. The number of nitrogens with zero attached hydrogens (tertiary/aromatic N) is 3. The second-order valence-electron chi connectivity index (χ2n) is 8.86. The van der Waals surface area contributed by atoms with E-state index in [0.29, 0.717) is 5.06 Å². The maximum atomic E-state index is 14.7. The third-order valence-corrected chi connectivity index (χ3v) is 5.67. The van der Waals surface area contributed by atoms with Gasteiger partial charge in [-0.2, -0.15) is 13.5 Å². The Morgan fingerprint density at radius 3 is 2.45 bits per heavy atom. The molecule has 0 aromatic carbocycles. The van der Waals surface area contributed by atoms with Gasteiger partial charge in [-0.25, -0.2) is 14.0 Å². The Balaban J connectivity index is 1.57. The molecule has 31 heavy (non-hydrogen) atoms. The van der Waals surface area contributed by atoms with E-state index in [9.17, 15) is 27.2 Å². The second kappa shape index (κ2) is 8.39. The summed E-state index contributed by atoms with van der Waals surface area (Å²) in [5.74, 6) is -0.570. The second-order valence-corrected chi connectivity index (χ2v) is 9.86. The normalized spacial score (nSPS) is 29.2. The number of rotatable bonds is 4. The van der Waals surface area contributed by atoms with Crippen LogP contribution < -0.4 is 5.32 Å². The number of hydrogen-bond donors (Lipinski definition) is 2. The predicted octanol–water partition coefficient (Wildman–Crippen LogP) is 0.453. The molecule has 0 unspecified atom stereocenters. The molecule has 3 fully saturated rings. The topological polar surface area (TPSA) is 146 Å². The number of piperidine rings is 2. The third kappa shape index (κ3) is 5.54. The average molecular weight is 466 g/mol. The van der Waals surface area contributed by atoms with Crippen LogP contribution in [0.1, 0.15) is 40.0 Å². The number of fused-ring (bicyclic) bond motifs is 2. The zero-order valence-electron chi connectivity index (χ0n) is 17.5. The lowest BCUT2D eigenvalue weighted by Crippen LogP contribution is -2.58. The highest BCUT2D eigenvalue weighted by molar-refractivity contribution is 7.80. The number of hydrogen-bond acceptors (Lipinski definition) is 7. The van der Waals surface area contributed by atoms with Gasteiger partial charge >= 0.3 is 22.5 Å².